The number of halogens is 1. The summed E-state index contributed by atoms with van der Waals surface area (Å²) < 4.78 is 0. The fraction of sp³-hybridized carbons (Fsp3) is 0.611. The van der Waals surface area contributed by atoms with Crippen molar-refractivity contribution in [2.24, 2.45) is 5.92 Å². The molecule has 2 atom stereocenters. The van der Waals surface area contributed by atoms with Crippen LogP contribution < -0.4 is 5.32 Å². The zero-order valence-electron chi connectivity index (χ0n) is 12.5. The van der Waals surface area contributed by atoms with Crippen molar-refractivity contribution < 1.29 is 4.79 Å². The van der Waals surface area contributed by atoms with Crippen LogP contribution in [0.2, 0.25) is 0 Å². The van der Waals surface area contributed by atoms with Crippen LogP contribution in [0.3, 0.4) is 0 Å². The Morgan fingerprint density at radius 1 is 1.05 bits per heavy atom. The summed E-state index contributed by atoms with van der Waals surface area (Å²) in [6.07, 6.45) is 9.46. The van der Waals surface area contributed by atoms with Crippen molar-refractivity contribution in [3.63, 3.8) is 0 Å². The number of benzene rings is 1. The van der Waals surface area contributed by atoms with Crippen molar-refractivity contribution in [3.05, 3.63) is 35.4 Å². The molecule has 0 aliphatic heterocycles. The number of fused-ring (bicyclic) bond motifs is 1. The molecule has 0 saturated heterocycles. The SMILES string of the molecule is O=C(NC1c2ccccc2CC1Br)C1CCCCCCC1. The van der Waals surface area contributed by atoms with Crippen LogP contribution in [0.15, 0.2) is 24.3 Å². The van der Waals surface area contributed by atoms with Gasteiger partial charge in [0.25, 0.3) is 0 Å². The standard InChI is InChI=1S/C18H24BrNO/c19-16-12-14-10-6-7-11-15(14)17(16)20-18(21)13-8-4-2-1-3-5-9-13/h6-7,10-11,13,16-17H,1-5,8-9,12H2,(H,20,21). The summed E-state index contributed by atoms with van der Waals surface area (Å²) >= 11 is 3.75. The largest absolute Gasteiger partial charge is 0.348 e. The Kier molecular flexibility index (Phi) is 4.99. The number of nitrogens with one attached hydrogen (secondary N) is 1. The maximum absolute atomic E-state index is 12.6. The molecule has 114 valence electrons. The second-order valence-corrected chi connectivity index (χ2v) is 7.62. The van der Waals surface area contributed by atoms with Gasteiger partial charge in [-0.15, -0.1) is 0 Å². The molecule has 1 fully saturated rings. The van der Waals surface area contributed by atoms with E-state index < -0.39 is 0 Å². The lowest BCUT2D eigenvalue weighted by Gasteiger charge is -2.23. The van der Waals surface area contributed by atoms with E-state index in [1.807, 2.05) is 0 Å². The normalized spacial score (nSPS) is 26.7. The van der Waals surface area contributed by atoms with Gasteiger partial charge in [-0.3, -0.25) is 4.79 Å². The summed E-state index contributed by atoms with van der Waals surface area (Å²) in [6, 6.07) is 8.61. The Morgan fingerprint density at radius 2 is 1.71 bits per heavy atom. The smallest absolute Gasteiger partial charge is 0.223 e. The first-order valence-corrected chi connectivity index (χ1v) is 9.19. The molecule has 3 heteroatoms. The highest BCUT2D eigenvalue weighted by Crippen LogP contribution is 2.36. The monoisotopic (exact) mass is 349 g/mol. The van der Waals surface area contributed by atoms with Gasteiger partial charge in [0, 0.05) is 10.7 Å². The Labute approximate surface area is 135 Å². The van der Waals surface area contributed by atoms with E-state index in [0.717, 1.165) is 19.3 Å². The number of carbonyl (C=O) groups is 1. The van der Waals surface area contributed by atoms with E-state index in [1.54, 1.807) is 0 Å². The molecule has 1 N–H and O–H groups in total. The lowest BCUT2D eigenvalue weighted by molar-refractivity contribution is -0.126. The van der Waals surface area contributed by atoms with Crippen LogP contribution >= 0.6 is 15.9 Å². The van der Waals surface area contributed by atoms with Gasteiger partial charge in [-0.2, -0.15) is 0 Å². The van der Waals surface area contributed by atoms with Crippen molar-refractivity contribution in [1.82, 2.24) is 5.32 Å². The fourth-order valence-corrected chi connectivity index (χ4v) is 4.47. The maximum Gasteiger partial charge on any atom is 0.223 e. The second-order valence-electron chi connectivity index (χ2n) is 6.45. The van der Waals surface area contributed by atoms with Gasteiger partial charge in [-0.05, 0) is 30.4 Å². The van der Waals surface area contributed by atoms with Crippen LogP contribution in [0, 0.1) is 5.92 Å². The van der Waals surface area contributed by atoms with Crippen molar-refractivity contribution in [3.8, 4) is 0 Å². The number of carbonyl (C=O) groups excluding carboxylic acids is 1. The highest BCUT2D eigenvalue weighted by atomic mass is 79.9. The number of hydrogen-bond donors (Lipinski definition) is 1. The first kappa shape index (κ1) is 15.1. The predicted octanol–water partition coefficient (Wildman–Crippen LogP) is 4.52. The quantitative estimate of drug-likeness (QED) is 0.781. The molecule has 0 spiro atoms. The number of amides is 1. The van der Waals surface area contributed by atoms with E-state index in [1.165, 1.54) is 43.2 Å². The summed E-state index contributed by atoms with van der Waals surface area (Å²) in [5.41, 5.74) is 2.65. The van der Waals surface area contributed by atoms with Gasteiger partial charge in [-0.1, -0.05) is 72.3 Å². The molecule has 21 heavy (non-hydrogen) atoms. The molecule has 1 saturated carbocycles. The van der Waals surface area contributed by atoms with Gasteiger partial charge in [0.05, 0.1) is 6.04 Å². The van der Waals surface area contributed by atoms with E-state index >= 15 is 0 Å². The molecule has 2 nitrogen and oxygen atoms in total. The zero-order valence-corrected chi connectivity index (χ0v) is 14.1. The second kappa shape index (κ2) is 6.95. The van der Waals surface area contributed by atoms with Crippen LogP contribution in [0.25, 0.3) is 0 Å². The van der Waals surface area contributed by atoms with Crippen molar-refractivity contribution in [2.75, 3.05) is 0 Å². The number of rotatable bonds is 2. The maximum atomic E-state index is 12.6. The lowest BCUT2D eigenvalue weighted by Crippen LogP contribution is -2.36. The summed E-state index contributed by atoms with van der Waals surface area (Å²) in [5.74, 6) is 0.487. The van der Waals surface area contributed by atoms with Gasteiger partial charge in [0.2, 0.25) is 5.91 Å². The van der Waals surface area contributed by atoms with Crippen LogP contribution in [-0.4, -0.2) is 10.7 Å². The molecule has 3 rings (SSSR count). The van der Waals surface area contributed by atoms with Crippen molar-refractivity contribution in [1.29, 1.82) is 0 Å². The van der Waals surface area contributed by atoms with Crippen LogP contribution in [0.1, 0.15) is 62.1 Å². The first-order valence-electron chi connectivity index (χ1n) is 8.28. The summed E-state index contributed by atoms with van der Waals surface area (Å²) in [4.78, 5) is 13.0. The molecule has 1 aromatic rings. The molecule has 0 aromatic heterocycles. The molecule has 0 heterocycles. The van der Waals surface area contributed by atoms with E-state index in [-0.39, 0.29) is 17.9 Å². The summed E-state index contributed by atoms with van der Waals surface area (Å²) in [6.45, 7) is 0. The molecule has 2 aliphatic carbocycles. The third-order valence-electron chi connectivity index (χ3n) is 4.94. The zero-order chi connectivity index (χ0) is 14.7. The minimum Gasteiger partial charge on any atom is -0.348 e. The molecule has 1 aromatic carbocycles. The molecule has 2 aliphatic rings. The molecular formula is C18H24BrNO. The highest BCUT2D eigenvalue weighted by molar-refractivity contribution is 9.09. The van der Waals surface area contributed by atoms with Gasteiger partial charge < -0.3 is 5.32 Å². The molecule has 1 amide bonds. The Hall–Kier alpha value is -0.830. The van der Waals surface area contributed by atoms with Gasteiger partial charge in [0.1, 0.15) is 0 Å². The highest BCUT2D eigenvalue weighted by Gasteiger charge is 2.33. The van der Waals surface area contributed by atoms with Gasteiger partial charge in [-0.25, -0.2) is 0 Å². The van der Waals surface area contributed by atoms with Crippen LogP contribution in [0.5, 0.6) is 0 Å². The Bertz CT molecular complexity index is 494. The molecular weight excluding hydrogens is 326 g/mol. The van der Waals surface area contributed by atoms with E-state index in [4.69, 9.17) is 0 Å². The van der Waals surface area contributed by atoms with E-state index in [0.29, 0.717) is 4.83 Å². The van der Waals surface area contributed by atoms with Crippen LogP contribution in [0.4, 0.5) is 0 Å². The first-order chi connectivity index (χ1) is 10.3. The van der Waals surface area contributed by atoms with Gasteiger partial charge >= 0.3 is 0 Å². The summed E-state index contributed by atoms with van der Waals surface area (Å²) in [5, 5.41) is 3.32. The van der Waals surface area contributed by atoms with Crippen molar-refractivity contribution in [2.45, 2.75) is 62.2 Å². The minimum absolute atomic E-state index is 0.138. The van der Waals surface area contributed by atoms with Crippen LogP contribution in [-0.2, 0) is 11.2 Å². The summed E-state index contributed by atoms with van der Waals surface area (Å²) in [7, 11) is 0. The molecule has 2 unspecified atom stereocenters. The minimum atomic E-state index is 0.138. The molecule has 0 radical (unpaired) electrons. The Morgan fingerprint density at radius 3 is 2.48 bits per heavy atom. The van der Waals surface area contributed by atoms with Gasteiger partial charge in [0.15, 0.2) is 0 Å². The average Bonchev–Trinajstić information content (AvgIpc) is 2.75. The number of alkyl halides is 1. The predicted molar refractivity (Wildman–Crippen MR) is 89.6 cm³/mol. The lowest BCUT2D eigenvalue weighted by atomic mass is 9.90. The Balaban J connectivity index is 1.66. The topological polar surface area (TPSA) is 29.1 Å². The van der Waals surface area contributed by atoms with E-state index in [2.05, 4.69) is 45.5 Å². The third kappa shape index (κ3) is 3.50. The number of hydrogen-bond acceptors (Lipinski definition) is 1. The third-order valence-corrected chi connectivity index (χ3v) is 5.79. The fourth-order valence-electron chi connectivity index (χ4n) is 3.70. The van der Waals surface area contributed by atoms with Crippen molar-refractivity contribution >= 4 is 21.8 Å². The molecule has 0 bridgehead atoms. The van der Waals surface area contributed by atoms with E-state index in [9.17, 15) is 4.79 Å². The average molecular weight is 350 g/mol.